The van der Waals surface area contributed by atoms with E-state index in [2.05, 4.69) is 81.5 Å². The Hall–Kier alpha value is -2.89. The number of rotatable bonds is 59. The lowest BCUT2D eigenvalue weighted by Gasteiger charge is -2.18. The molecule has 0 radical (unpaired) electrons. The molecule has 6 heteroatoms. The molecular formula is C68H122O6. The first-order valence-electron chi connectivity index (χ1n) is 32.3. The van der Waals surface area contributed by atoms with Crippen molar-refractivity contribution in [3.8, 4) is 0 Å². The Balaban J connectivity index is 4.27. The van der Waals surface area contributed by atoms with E-state index in [0.29, 0.717) is 19.3 Å². The van der Waals surface area contributed by atoms with Gasteiger partial charge in [0.1, 0.15) is 13.2 Å². The largest absolute Gasteiger partial charge is 0.462 e. The molecule has 0 N–H and O–H groups in total. The van der Waals surface area contributed by atoms with E-state index in [1.165, 1.54) is 205 Å². The highest BCUT2D eigenvalue weighted by molar-refractivity contribution is 5.71. The van der Waals surface area contributed by atoms with Crippen molar-refractivity contribution in [1.82, 2.24) is 0 Å². The number of unbranched alkanes of at least 4 members (excludes halogenated alkanes) is 38. The number of ether oxygens (including phenoxy) is 3. The zero-order valence-corrected chi connectivity index (χ0v) is 49.4. The van der Waals surface area contributed by atoms with E-state index in [4.69, 9.17) is 14.2 Å². The number of carbonyl (C=O) groups is 3. The molecule has 0 aromatic heterocycles. The van der Waals surface area contributed by atoms with Crippen LogP contribution in [0, 0.1) is 0 Å². The Kier molecular flexibility index (Phi) is 60.2. The Bertz CT molecular complexity index is 1330. The summed E-state index contributed by atoms with van der Waals surface area (Å²) in [7, 11) is 0. The van der Waals surface area contributed by atoms with Gasteiger partial charge in [-0.3, -0.25) is 14.4 Å². The molecule has 6 nitrogen and oxygen atoms in total. The number of hydrogen-bond acceptors (Lipinski definition) is 6. The van der Waals surface area contributed by atoms with Crippen LogP contribution in [0.4, 0.5) is 0 Å². The van der Waals surface area contributed by atoms with Gasteiger partial charge < -0.3 is 14.2 Å². The second-order valence-electron chi connectivity index (χ2n) is 21.6. The molecule has 0 aromatic rings. The van der Waals surface area contributed by atoms with Crippen LogP contribution in [0.3, 0.4) is 0 Å². The van der Waals surface area contributed by atoms with Crippen LogP contribution in [0.25, 0.3) is 0 Å². The first-order valence-corrected chi connectivity index (χ1v) is 32.3. The van der Waals surface area contributed by atoms with Crippen molar-refractivity contribution >= 4 is 17.9 Å². The highest BCUT2D eigenvalue weighted by atomic mass is 16.6. The van der Waals surface area contributed by atoms with Gasteiger partial charge in [-0.05, 0) is 83.5 Å². The minimum Gasteiger partial charge on any atom is -0.462 e. The lowest BCUT2D eigenvalue weighted by atomic mass is 10.0. The Labute approximate surface area is 460 Å². The van der Waals surface area contributed by atoms with Crippen molar-refractivity contribution < 1.29 is 28.6 Å². The van der Waals surface area contributed by atoms with E-state index in [-0.39, 0.29) is 31.1 Å². The van der Waals surface area contributed by atoms with Gasteiger partial charge in [-0.2, -0.15) is 0 Å². The summed E-state index contributed by atoms with van der Waals surface area (Å²) in [5.74, 6) is -0.893. The lowest BCUT2D eigenvalue weighted by molar-refractivity contribution is -0.167. The van der Waals surface area contributed by atoms with Crippen LogP contribution in [0.2, 0.25) is 0 Å². The predicted octanol–water partition coefficient (Wildman–Crippen LogP) is 21.9. The zero-order valence-electron chi connectivity index (χ0n) is 49.4. The Morgan fingerprint density at radius 1 is 0.284 bits per heavy atom. The van der Waals surface area contributed by atoms with Crippen molar-refractivity contribution in [3.05, 3.63) is 60.8 Å². The average Bonchev–Trinajstić information content (AvgIpc) is 3.40. The number of carbonyl (C=O) groups excluding carboxylic acids is 3. The van der Waals surface area contributed by atoms with Gasteiger partial charge >= 0.3 is 17.9 Å². The summed E-state index contributed by atoms with van der Waals surface area (Å²) in [6, 6.07) is 0. The normalized spacial score (nSPS) is 12.4. The van der Waals surface area contributed by atoms with Crippen molar-refractivity contribution in [3.63, 3.8) is 0 Å². The SMILES string of the molecule is CC/C=C\C/C=C\C/C=C\CCCCCC(=O)OCC(COC(=O)CCCCCCCCCCCCCCC/C=C\C/C=C\CCCCCCC)OC(=O)CCCCCCCCCCCCCCCCCCCC. The third-order valence-electron chi connectivity index (χ3n) is 14.3. The number of hydrogen-bond donors (Lipinski definition) is 0. The van der Waals surface area contributed by atoms with Crippen LogP contribution in [0.1, 0.15) is 335 Å². The second kappa shape index (κ2) is 62.6. The molecule has 1 unspecified atom stereocenters. The minimum atomic E-state index is -0.785. The Morgan fingerprint density at radius 3 is 0.838 bits per heavy atom. The van der Waals surface area contributed by atoms with Crippen molar-refractivity contribution in [2.45, 2.75) is 341 Å². The molecule has 0 aromatic carbocycles. The molecule has 74 heavy (non-hydrogen) atoms. The average molecular weight is 1040 g/mol. The fraction of sp³-hybridized carbons (Fsp3) is 0.809. The molecule has 0 aliphatic carbocycles. The van der Waals surface area contributed by atoms with Gasteiger partial charge in [-0.25, -0.2) is 0 Å². The van der Waals surface area contributed by atoms with E-state index in [1.54, 1.807) is 0 Å². The summed E-state index contributed by atoms with van der Waals surface area (Å²) in [5.41, 5.74) is 0. The van der Waals surface area contributed by atoms with E-state index in [9.17, 15) is 14.4 Å². The monoisotopic (exact) mass is 1030 g/mol. The summed E-state index contributed by atoms with van der Waals surface area (Å²) in [6.45, 7) is 6.54. The molecule has 0 aliphatic heterocycles. The Morgan fingerprint density at radius 2 is 0.527 bits per heavy atom. The third-order valence-corrected chi connectivity index (χ3v) is 14.3. The maximum Gasteiger partial charge on any atom is 0.306 e. The van der Waals surface area contributed by atoms with Crippen LogP contribution in [-0.4, -0.2) is 37.2 Å². The second-order valence-corrected chi connectivity index (χ2v) is 21.6. The molecule has 0 bridgehead atoms. The lowest BCUT2D eigenvalue weighted by Crippen LogP contribution is -2.30. The summed E-state index contributed by atoms with van der Waals surface area (Å²) in [6.07, 6.45) is 79.5. The summed E-state index contributed by atoms with van der Waals surface area (Å²) < 4.78 is 16.9. The quantitative estimate of drug-likeness (QED) is 0.0261. The molecule has 0 fully saturated rings. The molecule has 430 valence electrons. The molecule has 0 spiro atoms. The first-order chi connectivity index (χ1) is 36.5. The van der Waals surface area contributed by atoms with Crippen molar-refractivity contribution in [2.24, 2.45) is 0 Å². The highest BCUT2D eigenvalue weighted by Crippen LogP contribution is 2.17. The van der Waals surface area contributed by atoms with E-state index in [1.807, 2.05) is 0 Å². The van der Waals surface area contributed by atoms with Gasteiger partial charge in [0.05, 0.1) is 0 Å². The maximum atomic E-state index is 12.9. The fourth-order valence-electron chi connectivity index (χ4n) is 9.43. The van der Waals surface area contributed by atoms with Crippen LogP contribution < -0.4 is 0 Å². The van der Waals surface area contributed by atoms with Crippen molar-refractivity contribution in [2.75, 3.05) is 13.2 Å². The molecule has 0 aliphatic rings. The third kappa shape index (κ3) is 60.0. The van der Waals surface area contributed by atoms with E-state index in [0.717, 1.165) is 89.9 Å². The van der Waals surface area contributed by atoms with E-state index >= 15 is 0 Å². The first kappa shape index (κ1) is 71.1. The fourth-order valence-corrected chi connectivity index (χ4v) is 9.43. The standard InChI is InChI=1S/C68H122O6/c1-4-7-10-13-16-19-22-25-27-29-31-32-33-34-35-36-37-39-40-43-46-49-52-55-58-61-67(70)73-64-65(63-72-66(69)60-57-54-51-48-45-42-24-21-18-15-12-9-6-3)74-68(71)62-59-56-53-50-47-44-41-38-30-28-26-23-20-17-14-11-8-5-2/h9,12,18,21-22,25,29,31,42,45,65H,4-8,10-11,13-17,19-20,23-24,26-28,30,32-41,43-44,46-64H2,1-3H3/b12-9-,21-18-,25-22-,31-29-,45-42-. The van der Waals surface area contributed by atoms with Gasteiger partial charge in [-0.1, -0.05) is 293 Å². The summed E-state index contributed by atoms with van der Waals surface area (Å²) in [4.78, 5) is 38.3. The molecule has 0 amide bonds. The molecular weight excluding hydrogens is 913 g/mol. The topological polar surface area (TPSA) is 78.9 Å². The van der Waals surface area contributed by atoms with Crippen LogP contribution in [-0.2, 0) is 28.6 Å². The number of allylic oxidation sites excluding steroid dienone is 10. The van der Waals surface area contributed by atoms with Crippen LogP contribution >= 0.6 is 0 Å². The summed E-state index contributed by atoms with van der Waals surface area (Å²) in [5, 5.41) is 0. The van der Waals surface area contributed by atoms with Crippen LogP contribution in [0.15, 0.2) is 60.8 Å². The molecule has 0 saturated heterocycles. The maximum absolute atomic E-state index is 12.9. The minimum absolute atomic E-state index is 0.0806. The molecule has 0 rings (SSSR count). The number of esters is 3. The highest BCUT2D eigenvalue weighted by Gasteiger charge is 2.19. The van der Waals surface area contributed by atoms with Gasteiger partial charge in [0.15, 0.2) is 6.10 Å². The van der Waals surface area contributed by atoms with Crippen molar-refractivity contribution in [1.29, 1.82) is 0 Å². The zero-order chi connectivity index (χ0) is 53.6. The van der Waals surface area contributed by atoms with Gasteiger partial charge in [0.25, 0.3) is 0 Å². The van der Waals surface area contributed by atoms with Gasteiger partial charge in [0.2, 0.25) is 0 Å². The summed E-state index contributed by atoms with van der Waals surface area (Å²) >= 11 is 0. The van der Waals surface area contributed by atoms with Crippen LogP contribution in [0.5, 0.6) is 0 Å². The molecule has 1 atom stereocenters. The predicted molar refractivity (Wildman–Crippen MR) is 321 cm³/mol. The smallest absolute Gasteiger partial charge is 0.306 e. The van der Waals surface area contributed by atoms with Gasteiger partial charge in [0, 0.05) is 19.3 Å². The molecule has 0 heterocycles. The van der Waals surface area contributed by atoms with Gasteiger partial charge in [-0.15, -0.1) is 0 Å². The van der Waals surface area contributed by atoms with E-state index < -0.39 is 6.10 Å². The molecule has 0 saturated carbocycles.